The second-order valence-electron chi connectivity index (χ2n) is 12.4. The molecule has 2 aliphatic heterocycles. The van der Waals surface area contributed by atoms with Crippen LogP contribution in [0.1, 0.15) is 41.5 Å². The first-order valence-electron chi connectivity index (χ1n) is 15.6. The number of aliphatic carboxylic acids is 1. The lowest BCUT2D eigenvalue weighted by atomic mass is 9.88. The average Bonchev–Trinajstić information content (AvgIpc) is 3.55. The number of carbonyl (C=O) groups is 2. The van der Waals surface area contributed by atoms with E-state index in [1.54, 1.807) is 0 Å². The van der Waals surface area contributed by atoms with Gasteiger partial charge in [-0.15, -0.1) is 0 Å². The number of hydrogen-bond acceptors (Lipinski definition) is 6. The van der Waals surface area contributed by atoms with Gasteiger partial charge in [0, 0.05) is 37.3 Å². The fraction of sp³-hybridized carbons (Fsp3) is 0.382. The van der Waals surface area contributed by atoms with Crippen molar-refractivity contribution in [1.29, 1.82) is 5.26 Å². The fourth-order valence-corrected chi connectivity index (χ4v) is 8.72. The van der Waals surface area contributed by atoms with Crippen molar-refractivity contribution in [2.45, 2.75) is 53.5 Å². The van der Waals surface area contributed by atoms with Crippen LogP contribution in [0.3, 0.4) is 0 Å². The number of ether oxygens (including phenoxy) is 1. The summed E-state index contributed by atoms with van der Waals surface area (Å²) >= 11 is 0. The third kappa shape index (κ3) is 6.67. The van der Waals surface area contributed by atoms with Gasteiger partial charge in [0.2, 0.25) is 0 Å². The zero-order valence-electron chi connectivity index (χ0n) is 26.8. The van der Waals surface area contributed by atoms with Crippen molar-refractivity contribution >= 4 is 21.8 Å². The summed E-state index contributed by atoms with van der Waals surface area (Å²) in [6.45, 7) is -2.37. The second-order valence-corrected chi connectivity index (χ2v) is 14.7. The number of alkyl halides is 6. The average molecular weight is 760 g/mol. The van der Waals surface area contributed by atoms with E-state index in [9.17, 15) is 63.5 Å². The number of amides is 2. The molecule has 2 saturated heterocycles. The minimum absolute atomic E-state index is 0.0401. The van der Waals surface area contributed by atoms with E-state index in [0.29, 0.717) is 12.1 Å². The van der Waals surface area contributed by atoms with E-state index in [2.05, 4.69) is 4.74 Å². The number of nitrogens with zero attached hydrogens (tertiary/aromatic N) is 3. The molecule has 0 radical (unpaired) electrons. The molecule has 3 aromatic carbocycles. The predicted molar refractivity (Wildman–Crippen MR) is 165 cm³/mol. The highest BCUT2D eigenvalue weighted by molar-refractivity contribution is 7.92. The Morgan fingerprint density at radius 2 is 1.48 bits per heavy atom. The summed E-state index contributed by atoms with van der Waals surface area (Å²) < 4.78 is 147. The van der Waals surface area contributed by atoms with E-state index in [4.69, 9.17) is 0 Å². The Hall–Kier alpha value is -4.76. The molecule has 5 rings (SSSR count). The number of urea groups is 1. The SMILES string of the molecule is N#Cc1cccc(F)c1COC(c1ccc(C2(S(=O)(=O)c3ccc(F)cc3)CCN(C(=O)N3CCC(C(=O)O)CC3)C2)cc1)(C(F)(F)F)C(F)(F)F. The third-order valence-corrected chi connectivity index (χ3v) is 12.0. The predicted octanol–water partition coefficient (Wildman–Crippen LogP) is 6.66. The van der Waals surface area contributed by atoms with Crippen LogP contribution in [-0.4, -0.2) is 73.9 Å². The first-order valence-corrected chi connectivity index (χ1v) is 17.1. The smallest absolute Gasteiger partial charge is 0.430 e. The monoisotopic (exact) mass is 759 g/mol. The van der Waals surface area contributed by atoms with Gasteiger partial charge in [0.25, 0.3) is 5.60 Å². The van der Waals surface area contributed by atoms with Gasteiger partial charge >= 0.3 is 24.4 Å². The molecule has 0 aliphatic carbocycles. The zero-order valence-corrected chi connectivity index (χ0v) is 27.7. The molecule has 0 bridgehead atoms. The molecule has 0 saturated carbocycles. The molecule has 2 amide bonds. The quantitative estimate of drug-likeness (QED) is 0.201. The first kappa shape index (κ1) is 38.5. The maximum Gasteiger partial charge on any atom is 0.430 e. The number of hydrogen-bond donors (Lipinski definition) is 1. The lowest BCUT2D eigenvalue weighted by Crippen LogP contribution is -2.56. The van der Waals surface area contributed by atoms with Crippen molar-refractivity contribution in [2.24, 2.45) is 5.92 Å². The van der Waals surface area contributed by atoms with Crippen molar-refractivity contribution in [3.63, 3.8) is 0 Å². The Morgan fingerprint density at radius 1 is 0.885 bits per heavy atom. The molecule has 1 atom stereocenters. The molecular weight excluding hydrogens is 730 g/mol. The van der Waals surface area contributed by atoms with Crippen LogP contribution in [0.4, 0.5) is 39.9 Å². The Kier molecular flexibility index (Phi) is 10.4. The van der Waals surface area contributed by atoms with Crippen LogP contribution in [-0.2, 0) is 36.3 Å². The third-order valence-electron chi connectivity index (χ3n) is 9.54. The molecule has 2 fully saturated rings. The van der Waals surface area contributed by atoms with Crippen molar-refractivity contribution in [2.75, 3.05) is 26.2 Å². The van der Waals surface area contributed by atoms with Gasteiger partial charge in [-0.3, -0.25) is 4.79 Å². The Morgan fingerprint density at radius 3 is 2.02 bits per heavy atom. The topological polar surface area (TPSA) is 128 Å². The summed E-state index contributed by atoms with van der Waals surface area (Å²) in [5.41, 5.74) is -8.32. The normalized spacial score (nSPS) is 19.1. The van der Waals surface area contributed by atoms with E-state index in [1.807, 2.05) is 0 Å². The lowest BCUT2D eigenvalue weighted by molar-refractivity contribution is -0.392. The number of carboxylic acid groups (broad SMARTS) is 1. The van der Waals surface area contributed by atoms with E-state index < -0.39 is 96.8 Å². The van der Waals surface area contributed by atoms with Gasteiger partial charge in [-0.2, -0.15) is 31.6 Å². The van der Waals surface area contributed by atoms with Crippen LogP contribution in [0.15, 0.2) is 71.6 Å². The highest BCUT2D eigenvalue weighted by atomic mass is 32.2. The van der Waals surface area contributed by atoms with Crippen molar-refractivity contribution < 1.29 is 63.0 Å². The number of nitriles is 1. The Bertz CT molecular complexity index is 1960. The molecule has 3 aromatic rings. The minimum atomic E-state index is -6.21. The second kappa shape index (κ2) is 14.0. The maximum absolute atomic E-state index is 14.6. The zero-order chi connectivity index (χ0) is 38.3. The van der Waals surface area contributed by atoms with Crippen LogP contribution in [0.2, 0.25) is 0 Å². The molecule has 0 spiro atoms. The van der Waals surface area contributed by atoms with Gasteiger partial charge in [0.1, 0.15) is 16.4 Å². The van der Waals surface area contributed by atoms with E-state index in [-0.39, 0.29) is 44.5 Å². The summed E-state index contributed by atoms with van der Waals surface area (Å²) in [7, 11) is -4.66. The molecule has 18 heteroatoms. The van der Waals surface area contributed by atoms with Crippen molar-refractivity contribution in [3.05, 3.63) is 101 Å². The number of piperidine rings is 1. The van der Waals surface area contributed by atoms with Crippen LogP contribution in [0, 0.1) is 28.9 Å². The summed E-state index contributed by atoms with van der Waals surface area (Å²) in [5, 5.41) is 18.5. The molecule has 2 aliphatic rings. The van der Waals surface area contributed by atoms with Crippen molar-refractivity contribution in [3.8, 4) is 6.07 Å². The van der Waals surface area contributed by atoms with E-state index in [1.165, 1.54) is 11.0 Å². The molecular formula is C34H29F8N3O6S. The Balaban J connectivity index is 1.57. The molecule has 52 heavy (non-hydrogen) atoms. The van der Waals surface area contributed by atoms with E-state index >= 15 is 0 Å². The van der Waals surface area contributed by atoms with Gasteiger partial charge in [0.05, 0.1) is 29.1 Å². The van der Waals surface area contributed by atoms with Crippen LogP contribution < -0.4 is 0 Å². The number of rotatable bonds is 8. The van der Waals surface area contributed by atoms with Crippen LogP contribution in [0.25, 0.3) is 0 Å². The number of carboxylic acids is 1. The standard InChI is InChI=1S/C34H29F8N3O6S/c35-25-8-10-26(11-9-25)52(49,50)31(14-17-45(20-31)30(48)44-15-12-21(13-16-44)29(46)47)23-4-6-24(7-5-23)32(33(37,38)39,34(40,41)42)51-19-27-22(18-43)2-1-3-28(27)36/h1-11,21H,12-17,19-20H2,(H,46,47). The van der Waals surface area contributed by atoms with Gasteiger partial charge in [-0.25, -0.2) is 22.0 Å². The summed E-state index contributed by atoms with van der Waals surface area (Å²) in [5.74, 6) is -3.81. The number of carbonyl (C=O) groups excluding carboxylic acids is 1. The summed E-state index contributed by atoms with van der Waals surface area (Å²) in [6.07, 6.45) is -12.5. The molecule has 0 aromatic heterocycles. The largest absolute Gasteiger partial charge is 0.481 e. The number of halogens is 8. The highest BCUT2D eigenvalue weighted by Crippen LogP contribution is 2.54. The van der Waals surface area contributed by atoms with Gasteiger partial charge in [-0.1, -0.05) is 30.3 Å². The highest BCUT2D eigenvalue weighted by Gasteiger charge is 2.73. The van der Waals surface area contributed by atoms with Crippen LogP contribution >= 0.6 is 0 Å². The molecule has 1 N–H and O–H groups in total. The summed E-state index contributed by atoms with van der Waals surface area (Å²) in [6, 6.07) is 9.39. The minimum Gasteiger partial charge on any atom is -0.481 e. The number of likely N-dealkylation sites (tertiary alicyclic amines) is 2. The number of benzene rings is 3. The maximum atomic E-state index is 14.6. The Labute approximate surface area is 291 Å². The number of sulfone groups is 1. The molecule has 2 heterocycles. The van der Waals surface area contributed by atoms with Gasteiger partial charge < -0.3 is 19.6 Å². The van der Waals surface area contributed by atoms with Gasteiger partial charge in [-0.05, 0) is 61.2 Å². The summed E-state index contributed by atoms with van der Waals surface area (Å²) in [4.78, 5) is 26.9. The van der Waals surface area contributed by atoms with E-state index in [0.717, 1.165) is 59.5 Å². The molecule has 1 unspecified atom stereocenters. The van der Waals surface area contributed by atoms with Crippen LogP contribution in [0.5, 0.6) is 0 Å². The fourth-order valence-electron chi connectivity index (χ4n) is 6.65. The molecule has 9 nitrogen and oxygen atoms in total. The van der Waals surface area contributed by atoms with Crippen molar-refractivity contribution in [1.82, 2.24) is 9.80 Å². The first-order chi connectivity index (χ1) is 24.3. The molecule has 278 valence electrons. The van der Waals surface area contributed by atoms with Gasteiger partial charge in [0.15, 0.2) is 9.84 Å². The lowest BCUT2D eigenvalue weighted by Gasteiger charge is -2.38.